The Labute approximate surface area is 284 Å². The van der Waals surface area contributed by atoms with Gasteiger partial charge in [0.15, 0.2) is 0 Å². The fraction of sp³-hybridized carbons (Fsp3) is 0.568. The smallest absolute Gasteiger partial charge is 0.309 e. The number of hydrogen-bond donors (Lipinski definition) is 1. The second-order valence-corrected chi connectivity index (χ2v) is 16.7. The van der Waals surface area contributed by atoms with Crippen molar-refractivity contribution in [3.8, 4) is 5.75 Å². The highest BCUT2D eigenvalue weighted by molar-refractivity contribution is 7.90. The third-order valence-electron chi connectivity index (χ3n) is 11.3. The normalized spacial score (nSPS) is 31.6. The molecule has 47 heavy (non-hydrogen) atoms. The molecule has 0 unspecified atom stereocenters. The first-order chi connectivity index (χ1) is 22.4. The molecule has 1 fully saturated rings. The Hall–Kier alpha value is -3.04. The minimum Gasteiger partial charge on any atom is -0.490 e. The number of sulfonamides is 1. The molecule has 10 heteroatoms. The number of allylic oxidation sites excluding steroid dienone is 2. The van der Waals surface area contributed by atoms with Crippen LogP contribution in [0.5, 0.6) is 5.75 Å². The van der Waals surface area contributed by atoms with Gasteiger partial charge in [0, 0.05) is 29.1 Å². The number of fused-ring (bicyclic) bond motifs is 4. The van der Waals surface area contributed by atoms with Gasteiger partial charge in [0.25, 0.3) is 5.91 Å². The van der Waals surface area contributed by atoms with E-state index in [2.05, 4.69) is 33.9 Å². The van der Waals surface area contributed by atoms with Crippen molar-refractivity contribution in [2.45, 2.75) is 76.9 Å². The van der Waals surface area contributed by atoms with Crippen LogP contribution in [0.25, 0.3) is 0 Å². The van der Waals surface area contributed by atoms with E-state index in [1.54, 1.807) is 26.0 Å². The first kappa shape index (κ1) is 33.8. The number of rotatable bonds is 3. The highest BCUT2D eigenvalue weighted by atomic mass is 35.5. The Morgan fingerprint density at radius 1 is 1.17 bits per heavy atom. The van der Waals surface area contributed by atoms with Gasteiger partial charge in [0.2, 0.25) is 10.0 Å². The van der Waals surface area contributed by atoms with Gasteiger partial charge in [-0.3, -0.25) is 9.59 Å². The van der Waals surface area contributed by atoms with Crippen LogP contribution >= 0.6 is 11.6 Å². The van der Waals surface area contributed by atoms with Crippen LogP contribution < -0.4 is 14.4 Å². The number of benzene rings is 2. The number of nitrogens with one attached hydrogen (secondary N) is 1. The first-order valence-electron chi connectivity index (χ1n) is 17.1. The first-order valence-corrected chi connectivity index (χ1v) is 19.0. The van der Waals surface area contributed by atoms with Crippen LogP contribution in [0.3, 0.4) is 0 Å². The second kappa shape index (κ2) is 13.5. The Balaban J connectivity index is 1.40. The summed E-state index contributed by atoms with van der Waals surface area (Å²) in [5.41, 5.74) is 3.35. The molecule has 1 N–H and O–H groups in total. The molecule has 2 aromatic carbocycles. The van der Waals surface area contributed by atoms with Gasteiger partial charge in [-0.2, -0.15) is 0 Å². The summed E-state index contributed by atoms with van der Waals surface area (Å²) in [6, 6.07) is 11.4. The Bertz CT molecular complexity index is 1660. The standard InChI is InChI=1S/C37H47ClN2O6S/c1-5-45-36(42)24(3)27-10-8-26-9-11-30(26)20-40-21-37(16-6-7-28-18-31(38)13-14-32(28)37)22-46-34-15-12-29(19-33(34)40)35(41)39-47(43,44)25(4)23(2)17-27/h8,10,12-15,18-19,23-27,30H,5-7,9,11,16-17,20-22H2,1-4H3,(H,39,41)/b10-8+/t23-,24+,25+,26+,27+,30-,37-/m0/s1. The number of amides is 1. The molecule has 2 bridgehead atoms. The van der Waals surface area contributed by atoms with Crippen molar-refractivity contribution in [3.05, 3.63) is 70.3 Å². The van der Waals surface area contributed by atoms with Crippen LogP contribution in [-0.4, -0.2) is 51.8 Å². The molecule has 1 spiro atoms. The molecule has 2 aromatic rings. The molecule has 1 amide bonds. The SMILES string of the molecule is CCOC(=O)[C@H](C)[C@@H]1/C=C/[C@@H]2CC[C@H]2CN2C[C@@]3(CCCc4cc(Cl)ccc43)COc3ccc(cc32)C(=O)NS(=O)(=O)[C@H](C)[C@@H](C)C1. The van der Waals surface area contributed by atoms with Crippen molar-refractivity contribution in [2.24, 2.45) is 29.6 Å². The van der Waals surface area contributed by atoms with E-state index in [4.69, 9.17) is 21.1 Å². The number of halogens is 1. The molecule has 6 rings (SSSR count). The lowest BCUT2D eigenvalue weighted by Crippen LogP contribution is -2.48. The maximum Gasteiger partial charge on any atom is 0.309 e. The largest absolute Gasteiger partial charge is 0.490 e. The quantitative estimate of drug-likeness (QED) is 0.284. The summed E-state index contributed by atoms with van der Waals surface area (Å²) >= 11 is 6.42. The minimum absolute atomic E-state index is 0.202. The summed E-state index contributed by atoms with van der Waals surface area (Å²) in [5, 5.41) is -0.126. The van der Waals surface area contributed by atoms with Gasteiger partial charge in [-0.15, -0.1) is 0 Å². The van der Waals surface area contributed by atoms with Crippen LogP contribution in [0.15, 0.2) is 48.6 Å². The highest BCUT2D eigenvalue weighted by Crippen LogP contribution is 2.46. The van der Waals surface area contributed by atoms with Gasteiger partial charge in [0.05, 0.1) is 30.1 Å². The van der Waals surface area contributed by atoms with Gasteiger partial charge in [-0.25, -0.2) is 13.1 Å². The maximum absolute atomic E-state index is 13.6. The molecule has 0 aromatic heterocycles. The number of carbonyl (C=O) groups is 2. The third kappa shape index (κ3) is 6.80. The predicted octanol–water partition coefficient (Wildman–Crippen LogP) is 6.70. The van der Waals surface area contributed by atoms with E-state index in [0.717, 1.165) is 49.4 Å². The lowest BCUT2D eigenvalue weighted by Gasteiger charge is -2.44. The Kier molecular flexibility index (Phi) is 9.69. The number of anilines is 1. The van der Waals surface area contributed by atoms with E-state index in [0.29, 0.717) is 37.2 Å². The van der Waals surface area contributed by atoms with Crippen molar-refractivity contribution in [1.29, 1.82) is 0 Å². The van der Waals surface area contributed by atoms with Gasteiger partial charge in [-0.1, -0.05) is 43.7 Å². The predicted molar refractivity (Wildman–Crippen MR) is 184 cm³/mol. The van der Waals surface area contributed by atoms with E-state index in [9.17, 15) is 18.0 Å². The Morgan fingerprint density at radius 3 is 2.72 bits per heavy atom. The van der Waals surface area contributed by atoms with Crippen LogP contribution in [-0.2, 0) is 31.4 Å². The topological polar surface area (TPSA) is 102 Å². The van der Waals surface area contributed by atoms with Crippen molar-refractivity contribution in [1.82, 2.24) is 4.72 Å². The number of aryl methyl sites for hydroxylation is 1. The highest BCUT2D eigenvalue weighted by Gasteiger charge is 2.43. The van der Waals surface area contributed by atoms with E-state index in [1.165, 1.54) is 11.1 Å². The van der Waals surface area contributed by atoms with Crippen molar-refractivity contribution >= 4 is 39.2 Å². The molecule has 2 aliphatic carbocycles. The average molecular weight is 683 g/mol. The van der Waals surface area contributed by atoms with Gasteiger partial charge < -0.3 is 14.4 Å². The summed E-state index contributed by atoms with van der Waals surface area (Å²) in [6.45, 7) is 9.41. The zero-order valence-corrected chi connectivity index (χ0v) is 29.4. The fourth-order valence-electron chi connectivity index (χ4n) is 8.00. The minimum atomic E-state index is -4.02. The molecule has 0 saturated heterocycles. The number of carbonyl (C=O) groups excluding carboxylic acids is 2. The van der Waals surface area contributed by atoms with E-state index < -0.39 is 27.1 Å². The number of nitrogens with zero attached hydrogens (tertiary/aromatic N) is 1. The van der Waals surface area contributed by atoms with E-state index in [-0.39, 0.29) is 35.4 Å². The van der Waals surface area contributed by atoms with Crippen LogP contribution in [0.2, 0.25) is 5.02 Å². The van der Waals surface area contributed by atoms with Crippen molar-refractivity contribution < 1.29 is 27.5 Å². The second-order valence-electron chi connectivity index (χ2n) is 14.3. The fourth-order valence-corrected chi connectivity index (χ4v) is 9.48. The molecular weight excluding hydrogens is 636 g/mol. The summed E-state index contributed by atoms with van der Waals surface area (Å²) in [6.07, 6.45) is 9.94. The molecule has 0 radical (unpaired) electrons. The lowest BCUT2D eigenvalue weighted by atomic mass is 9.69. The molecule has 254 valence electrons. The van der Waals surface area contributed by atoms with Crippen molar-refractivity contribution in [2.75, 3.05) is 31.2 Å². The van der Waals surface area contributed by atoms with Gasteiger partial charge in [0.1, 0.15) is 5.75 Å². The van der Waals surface area contributed by atoms with Crippen LogP contribution in [0.4, 0.5) is 5.69 Å². The van der Waals surface area contributed by atoms with E-state index >= 15 is 0 Å². The zero-order chi connectivity index (χ0) is 33.5. The lowest BCUT2D eigenvalue weighted by molar-refractivity contribution is -0.148. The number of esters is 1. The zero-order valence-electron chi connectivity index (χ0n) is 27.8. The van der Waals surface area contributed by atoms with Gasteiger partial charge in [-0.05, 0) is 118 Å². The monoisotopic (exact) mass is 682 g/mol. The molecular formula is C37H47ClN2O6S. The Morgan fingerprint density at radius 2 is 1.98 bits per heavy atom. The summed E-state index contributed by atoms with van der Waals surface area (Å²) in [7, 11) is -4.02. The third-order valence-corrected chi connectivity index (χ3v) is 13.5. The average Bonchev–Trinajstić information content (AvgIpc) is 3.18. The molecule has 2 heterocycles. The van der Waals surface area contributed by atoms with E-state index in [1.807, 2.05) is 26.0 Å². The molecule has 4 aliphatic rings. The molecule has 2 aliphatic heterocycles. The summed E-state index contributed by atoms with van der Waals surface area (Å²) in [5.74, 6) is -0.503. The van der Waals surface area contributed by atoms with Gasteiger partial charge >= 0.3 is 5.97 Å². The van der Waals surface area contributed by atoms with Crippen molar-refractivity contribution in [3.63, 3.8) is 0 Å². The summed E-state index contributed by atoms with van der Waals surface area (Å²) < 4.78 is 41.4. The maximum atomic E-state index is 13.6. The molecule has 1 saturated carbocycles. The van der Waals surface area contributed by atoms with Crippen LogP contribution in [0, 0.1) is 29.6 Å². The number of ether oxygens (including phenoxy) is 2. The summed E-state index contributed by atoms with van der Waals surface area (Å²) in [4.78, 5) is 28.8. The number of hydrogen-bond acceptors (Lipinski definition) is 7. The van der Waals surface area contributed by atoms with Crippen LogP contribution in [0.1, 0.15) is 81.3 Å². The molecule has 8 nitrogen and oxygen atoms in total. The molecule has 7 atom stereocenters.